The van der Waals surface area contributed by atoms with E-state index in [-0.39, 0.29) is 17.6 Å². The van der Waals surface area contributed by atoms with Crippen molar-refractivity contribution in [3.63, 3.8) is 0 Å². The zero-order valence-corrected chi connectivity index (χ0v) is 11.9. The van der Waals surface area contributed by atoms with Crippen molar-refractivity contribution in [2.45, 2.75) is 6.92 Å². The molecule has 0 saturated heterocycles. The first-order valence-electron chi connectivity index (χ1n) is 5.71. The van der Waals surface area contributed by atoms with Crippen LogP contribution < -0.4 is 0 Å². The topological polar surface area (TPSA) is 64.7 Å². The fourth-order valence-corrected chi connectivity index (χ4v) is 2.02. The van der Waals surface area contributed by atoms with Crippen molar-refractivity contribution in [1.29, 1.82) is 0 Å². The van der Waals surface area contributed by atoms with Crippen molar-refractivity contribution in [2.75, 3.05) is 0 Å². The Balaban J connectivity index is 2.01. The molecule has 100 valence electrons. The summed E-state index contributed by atoms with van der Waals surface area (Å²) in [4.78, 5) is 8.26. The van der Waals surface area contributed by atoms with Gasteiger partial charge in [-0.15, -0.1) is 10.2 Å². The number of nitrogens with zero attached hydrogens (tertiary/aromatic N) is 4. The Kier molecular flexibility index (Phi) is 3.27. The van der Waals surface area contributed by atoms with Crippen LogP contribution >= 0.6 is 15.9 Å². The lowest BCUT2D eigenvalue weighted by Gasteiger charge is -1.98. The average molecular weight is 335 g/mol. The van der Waals surface area contributed by atoms with Crippen molar-refractivity contribution >= 4 is 15.9 Å². The summed E-state index contributed by atoms with van der Waals surface area (Å²) in [5.74, 6) is 0.0792. The molecule has 0 spiro atoms. The third kappa shape index (κ3) is 2.44. The van der Waals surface area contributed by atoms with E-state index in [1.807, 2.05) is 6.92 Å². The Labute approximate surface area is 122 Å². The second-order valence-corrected chi connectivity index (χ2v) is 4.93. The van der Waals surface area contributed by atoms with Crippen LogP contribution in [0, 0.1) is 12.7 Å². The van der Waals surface area contributed by atoms with Gasteiger partial charge in [0.05, 0.1) is 17.5 Å². The predicted molar refractivity (Wildman–Crippen MR) is 73.2 cm³/mol. The number of halogens is 2. The van der Waals surface area contributed by atoms with Crippen molar-refractivity contribution in [2.24, 2.45) is 0 Å². The van der Waals surface area contributed by atoms with Gasteiger partial charge in [-0.3, -0.25) is 4.98 Å². The highest BCUT2D eigenvalue weighted by Gasteiger charge is 2.14. The molecule has 2 aromatic heterocycles. The molecule has 0 saturated carbocycles. The minimum absolute atomic E-state index is 0.216. The molecule has 7 heteroatoms. The van der Waals surface area contributed by atoms with Crippen LogP contribution in [0.15, 0.2) is 39.5 Å². The summed E-state index contributed by atoms with van der Waals surface area (Å²) in [7, 11) is 0. The van der Waals surface area contributed by atoms with E-state index < -0.39 is 0 Å². The Morgan fingerprint density at radius 2 is 1.90 bits per heavy atom. The first kappa shape index (κ1) is 12.9. The van der Waals surface area contributed by atoms with Gasteiger partial charge in [0.2, 0.25) is 5.89 Å². The van der Waals surface area contributed by atoms with Gasteiger partial charge in [-0.25, -0.2) is 9.37 Å². The van der Waals surface area contributed by atoms with Crippen molar-refractivity contribution in [1.82, 2.24) is 20.2 Å². The Morgan fingerprint density at radius 3 is 2.65 bits per heavy atom. The number of hydrogen-bond acceptors (Lipinski definition) is 5. The third-order valence-corrected chi connectivity index (χ3v) is 3.28. The molecule has 0 aliphatic carbocycles. The summed E-state index contributed by atoms with van der Waals surface area (Å²) in [5, 5.41) is 7.81. The number of rotatable bonds is 2. The molecule has 0 aliphatic rings. The highest BCUT2D eigenvalue weighted by molar-refractivity contribution is 9.10. The average Bonchev–Trinajstić information content (AvgIpc) is 2.92. The first-order chi connectivity index (χ1) is 9.63. The summed E-state index contributed by atoms with van der Waals surface area (Å²) in [6, 6.07) is 4.25. The molecule has 0 unspecified atom stereocenters. The highest BCUT2D eigenvalue weighted by atomic mass is 79.9. The molecule has 1 aromatic carbocycles. The van der Waals surface area contributed by atoms with Crippen LogP contribution in [0.4, 0.5) is 4.39 Å². The number of aromatic nitrogens is 4. The molecular formula is C13H8BrFN4O. The quantitative estimate of drug-likeness (QED) is 0.718. The normalized spacial score (nSPS) is 10.8. The van der Waals surface area contributed by atoms with E-state index in [1.165, 1.54) is 12.1 Å². The summed E-state index contributed by atoms with van der Waals surface area (Å²) in [5.41, 5.74) is 1.76. The van der Waals surface area contributed by atoms with Gasteiger partial charge in [-0.05, 0) is 41.1 Å². The monoisotopic (exact) mass is 334 g/mol. The van der Waals surface area contributed by atoms with Crippen molar-refractivity contribution < 1.29 is 8.81 Å². The molecule has 0 bridgehead atoms. The van der Waals surface area contributed by atoms with Gasteiger partial charge in [0.25, 0.3) is 5.89 Å². The lowest BCUT2D eigenvalue weighted by molar-refractivity contribution is 0.578. The van der Waals surface area contributed by atoms with E-state index in [0.29, 0.717) is 15.7 Å². The maximum atomic E-state index is 13.3. The van der Waals surface area contributed by atoms with Crippen LogP contribution in [0.25, 0.3) is 23.0 Å². The number of benzene rings is 1. The van der Waals surface area contributed by atoms with E-state index in [9.17, 15) is 4.39 Å². The Bertz CT molecular complexity index is 757. The van der Waals surface area contributed by atoms with Gasteiger partial charge < -0.3 is 4.42 Å². The molecular weight excluding hydrogens is 327 g/mol. The van der Waals surface area contributed by atoms with E-state index in [1.54, 1.807) is 18.5 Å². The standard InChI is InChI=1S/C13H8BrFN4O/c1-7-5-17-11(6-16-7)13-19-18-12(20-13)9-4-8(15)2-3-10(9)14/h2-6H,1H3. The van der Waals surface area contributed by atoms with Gasteiger partial charge in [0.15, 0.2) is 0 Å². The van der Waals surface area contributed by atoms with E-state index >= 15 is 0 Å². The molecule has 2 heterocycles. The number of aryl methyl sites for hydroxylation is 1. The van der Waals surface area contributed by atoms with Crippen LogP contribution in [-0.2, 0) is 0 Å². The fourth-order valence-electron chi connectivity index (χ4n) is 1.60. The van der Waals surface area contributed by atoms with Crippen LogP contribution in [0.5, 0.6) is 0 Å². The summed E-state index contributed by atoms with van der Waals surface area (Å²) in [6.45, 7) is 1.83. The predicted octanol–water partition coefficient (Wildman–Crippen LogP) is 3.40. The zero-order chi connectivity index (χ0) is 14.1. The minimum Gasteiger partial charge on any atom is -0.414 e. The van der Waals surface area contributed by atoms with E-state index in [2.05, 4.69) is 36.1 Å². The largest absolute Gasteiger partial charge is 0.414 e. The highest BCUT2D eigenvalue weighted by Crippen LogP contribution is 2.29. The van der Waals surface area contributed by atoms with Crippen molar-refractivity contribution in [3.8, 4) is 23.0 Å². The summed E-state index contributed by atoms with van der Waals surface area (Å²) < 4.78 is 19.5. The smallest absolute Gasteiger partial charge is 0.268 e. The first-order valence-corrected chi connectivity index (χ1v) is 6.51. The van der Waals surface area contributed by atoms with Crippen LogP contribution in [0.2, 0.25) is 0 Å². The van der Waals surface area contributed by atoms with Crippen LogP contribution in [0.3, 0.4) is 0 Å². The maximum absolute atomic E-state index is 13.3. The molecule has 0 aliphatic heterocycles. The second kappa shape index (κ2) is 5.09. The minimum atomic E-state index is -0.377. The Morgan fingerprint density at radius 1 is 1.10 bits per heavy atom. The van der Waals surface area contributed by atoms with E-state index in [4.69, 9.17) is 4.42 Å². The molecule has 20 heavy (non-hydrogen) atoms. The summed E-state index contributed by atoms with van der Waals surface area (Å²) >= 11 is 3.32. The van der Waals surface area contributed by atoms with Crippen LogP contribution in [0.1, 0.15) is 5.69 Å². The van der Waals surface area contributed by atoms with Crippen LogP contribution in [-0.4, -0.2) is 20.2 Å². The van der Waals surface area contributed by atoms with Crippen molar-refractivity contribution in [3.05, 3.63) is 46.6 Å². The zero-order valence-electron chi connectivity index (χ0n) is 10.3. The molecule has 0 amide bonds. The lowest BCUT2D eigenvalue weighted by atomic mass is 10.2. The molecule has 0 N–H and O–H groups in total. The SMILES string of the molecule is Cc1cnc(-c2nnc(-c3cc(F)ccc3Br)o2)cn1. The molecule has 0 radical (unpaired) electrons. The second-order valence-electron chi connectivity index (χ2n) is 4.08. The third-order valence-electron chi connectivity index (χ3n) is 2.58. The molecule has 0 atom stereocenters. The van der Waals surface area contributed by atoms with Gasteiger partial charge in [-0.1, -0.05) is 0 Å². The molecule has 0 fully saturated rings. The Hall–Kier alpha value is -2.15. The van der Waals surface area contributed by atoms with Gasteiger partial charge in [0.1, 0.15) is 11.5 Å². The van der Waals surface area contributed by atoms with Gasteiger partial charge >= 0.3 is 0 Å². The van der Waals surface area contributed by atoms with Gasteiger partial charge in [-0.2, -0.15) is 0 Å². The molecule has 5 nitrogen and oxygen atoms in total. The molecule has 3 rings (SSSR count). The maximum Gasteiger partial charge on any atom is 0.268 e. The lowest BCUT2D eigenvalue weighted by Crippen LogP contribution is -1.87. The van der Waals surface area contributed by atoms with E-state index in [0.717, 1.165) is 5.69 Å². The molecule has 3 aromatic rings. The fraction of sp³-hybridized carbons (Fsp3) is 0.0769. The van der Waals surface area contributed by atoms with Gasteiger partial charge in [0, 0.05) is 10.7 Å². The number of hydrogen-bond donors (Lipinski definition) is 0. The summed E-state index contributed by atoms with van der Waals surface area (Å²) in [6.07, 6.45) is 3.16.